The van der Waals surface area contributed by atoms with Gasteiger partial charge in [-0.05, 0) is 64.3 Å². The van der Waals surface area contributed by atoms with Crippen LogP contribution in [0.2, 0.25) is 0 Å². The van der Waals surface area contributed by atoms with Crippen LogP contribution in [0.3, 0.4) is 0 Å². The molecule has 51 heavy (non-hydrogen) atoms. The number of aromatic nitrogens is 4. The van der Waals surface area contributed by atoms with Crippen molar-refractivity contribution in [2.75, 3.05) is 6.61 Å². The van der Waals surface area contributed by atoms with Gasteiger partial charge in [0, 0.05) is 11.6 Å². The number of aliphatic hydroxyl groups excluding tert-OH is 1. The maximum Gasteiger partial charge on any atom is 0.490 e. The predicted molar refractivity (Wildman–Crippen MR) is 168 cm³/mol. The fourth-order valence-corrected chi connectivity index (χ4v) is 5.00. The Balaban J connectivity index is 0.000000908. The smallest absolute Gasteiger partial charge is 0.475 e. The van der Waals surface area contributed by atoms with Gasteiger partial charge in [-0.1, -0.05) is 19.9 Å². The first-order chi connectivity index (χ1) is 23.6. The van der Waals surface area contributed by atoms with Gasteiger partial charge in [-0.25, -0.2) is 18.4 Å². The van der Waals surface area contributed by atoms with Gasteiger partial charge in [-0.15, -0.1) is 10.2 Å². The molecule has 2 atom stereocenters. The van der Waals surface area contributed by atoms with Crippen molar-refractivity contribution in [2.45, 2.75) is 78.9 Å². The van der Waals surface area contributed by atoms with Crippen LogP contribution >= 0.6 is 0 Å². The van der Waals surface area contributed by atoms with E-state index in [-0.39, 0.29) is 34.7 Å². The summed E-state index contributed by atoms with van der Waals surface area (Å²) < 4.78 is 73.0. The first-order valence-corrected chi connectivity index (χ1v) is 15.2. The molecule has 0 aliphatic carbocycles. The van der Waals surface area contributed by atoms with Gasteiger partial charge in [0.1, 0.15) is 30.3 Å². The van der Waals surface area contributed by atoms with E-state index in [0.29, 0.717) is 16.8 Å². The highest BCUT2D eigenvalue weighted by atomic mass is 19.4. The Morgan fingerprint density at radius 3 is 2.08 bits per heavy atom. The molecular formula is C32H37F5N6O8. The zero-order valence-electron chi connectivity index (χ0n) is 28.5. The molecule has 4 N–H and O–H groups in total. The predicted octanol–water partition coefficient (Wildman–Crippen LogP) is 5.76. The molecule has 14 nitrogen and oxygen atoms in total. The highest BCUT2D eigenvalue weighted by Crippen LogP contribution is 2.34. The van der Waals surface area contributed by atoms with E-state index in [1.165, 1.54) is 15.5 Å². The van der Waals surface area contributed by atoms with Crippen molar-refractivity contribution in [3.63, 3.8) is 0 Å². The topological polar surface area (TPSA) is 193 Å². The van der Waals surface area contributed by atoms with Crippen LogP contribution in [-0.4, -0.2) is 76.3 Å². The third-order valence-corrected chi connectivity index (χ3v) is 7.25. The van der Waals surface area contributed by atoms with Crippen molar-refractivity contribution in [1.29, 1.82) is 0 Å². The van der Waals surface area contributed by atoms with E-state index < -0.39 is 66.6 Å². The number of benzene rings is 1. The van der Waals surface area contributed by atoms with Crippen LogP contribution in [0.5, 0.6) is 5.88 Å². The number of rotatable bonds is 10. The van der Waals surface area contributed by atoms with Gasteiger partial charge in [-0.2, -0.15) is 22.8 Å². The van der Waals surface area contributed by atoms with Gasteiger partial charge in [-0.3, -0.25) is 9.69 Å². The normalized spacial score (nSPS) is 13.0. The lowest BCUT2D eigenvalue weighted by Crippen LogP contribution is -2.48. The van der Waals surface area contributed by atoms with Crippen molar-refractivity contribution in [1.82, 2.24) is 30.0 Å². The summed E-state index contributed by atoms with van der Waals surface area (Å²) in [5, 5.41) is 42.4. The Morgan fingerprint density at radius 2 is 1.59 bits per heavy atom. The van der Waals surface area contributed by atoms with Gasteiger partial charge < -0.3 is 29.8 Å². The number of aryl methyl sites for hydroxylation is 2. The maximum absolute atomic E-state index is 14.2. The van der Waals surface area contributed by atoms with E-state index in [0.717, 1.165) is 12.1 Å². The maximum atomic E-state index is 14.2. The standard InChI is InChI=1S/C30H36F2N6O6.C2HF3O2/c1-15(2)25(37(29(41)42)30(5,6)7)28-35-34-27(44-28)21(13-39)33-26(40)24-17(4)36-38-22(24)11-16(3)12-23(38)43-14-18-19(31)9-8-10-20(18)32;3-2(4,5)1(6)7/h8-12,15,21,25,39H,13-14H2,1-7H3,(H,33,40)(H,41,42);(H,6,7)/t21-,25-;/m0./s1. The fraction of sp³-hybridized carbons (Fsp3) is 0.438. The molecule has 4 aromatic rings. The van der Waals surface area contributed by atoms with E-state index in [1.54, 1.807) is 46.8 Å². The number of amides is 2. The molecule has 0 saturated heterocycles. The van der Waals surface area contributed by atoms with E-state index in [1.807, 2.05) is 13.8 Å². The number of aliphatic carboxylic acids is 1. The van der Waals surface area contributed by atoms with E-state index >= 15 is 0 Å². The molecule has 2 amide bonds. The summed E-state index contributed by atoms with van der Waals surface area (Å²) in [6, 6.07) is 4.94. The second-order valence-corrected chi connectivity index (χ2v) is 12.6. The van der Waals surface area contributed by atoms with Gasteiger partial charge >= 0.3 is 18.2 Å². The number of hydrogen-bond acceptors (Lipinski definition) is 9. The second kappa shape index (κ2) is 15.7. The molecule has 0 aliphatic heterocycles. The SMILES string of the molecule is Cc1cc(OCc2c(F)cccc2F)n2nc(C)c(C(=O)N[C@@H](CO)c3nnc([C@H](C(C)C)N(C(=O)O)C(C)(C)C)o3)c2c1.O=C(O)C(F)(F)F. The molecule has 1 aromatic carbocycles. The number of carboxylic acid groups (broad SMARTS) is 2. The number of carboxylic acids is 1. The van der Waals surface area contributed by atoms with Gasteiger partial charge in [0.15, 0.2) is 0 Å². The molecule has 3 aromatic heterocycles. The molecule has 0 unspecified atom stereocenters. The van der Waals surface area contributed by atoms with Gasteiger partial charge in [0.05, 0.1) is 28.9 Å². The van der Waals surface area contributed by atoms with Crippen molar-refractivity contribution < 1.29 is 60.8 Å². The van der Waals surface area contributed by atoms with Crippen LogP contribution in [0, 0.1) is 31.4 Å². The Morgan fingerprint density at radius 1 is 1.02 bits per heavy atom. The van der Waals surface area contributed by atoms with Crippen molar-refractivity contribution >= 4 is 23.5 Å². The number of pyridine rings is 1. The highest BCUT2D eigenvalue weighted by Gasteiger charge is 2.40. The first-order valence-electron chi connectivity index (χ1n) is 15.2. The zero-order valence-corrected chi connectivity index (χ0v) is 28.5. The van der Waals surface area contributed by atoms with Gasteiger partial charge in [0.25, 0.3) is 5.91 Å². The summed E-state index contributed by atoms with van der Waals surface area (Å²) in [7, 11) is 0. The number of aliphatic hydroxyl groups is 1. The van der Waals surface area contributed by atoms with E-state index in [4.69, 9.17) is 19.1 Å². The van der Waals surface area contributed by atoms with Crippen molar-refractivity contribution in [3.8, 4) is 5.88 Å². The van der Waals surface area contributed by atoms with Crippen LogP contribution in [0.4, 0.5) is 26.7 Å². The molecule has 0 spiro atoms. The van der Waals surface area contributed by atoms with E-state index in [2.05, 4.69) is 20.6 Å². The molecule has 0 bridgehead atoms. The average Bonchev–Trinajstić information content (AvgIpc) is 3.61. The van der Waals surface area contributed by atoms with Crippen LogP contribution < -0.4 is 10.1 Å². The Kier molecular flexibility index (Phi) is 12.3. The number of nitrogens with zero attached hydrogens (tertiary/aromatic N) is 5. The van der Waals surface area contributed by atoms with E-state index in [9.17, 15) is 41.8 Å². The van der Waals surface area contributed by atoms with Crippen molar-refractivity contribution in [2.24, 2.45) is 5.92 Å². The third kappa shape index (κ3) is 9.47. The van der Waals surface area contributed by atoms with Crippen LogP contribution in [0.1, 0.15) is 85.7 Å². The quantitative estimate of drug-likeness (QED) is 0.145. The number of fused-ring (bicyclic) bond motifs is 1. The summed E-state index contributed by atoms with van der Waals surface area (Å²) in [6.45, 7) is 11.3. The fourth-order valence-electron chi connectivity index (χ4n) is 5.00. The average molecular weight is 729 g/mol. The third-order valence-electron chi connectivity index (χ3n) is 7.25. The summed E-state index contributed by atoms with van der Waals surface area (Å²) in [6.07, 6.45) is -6.25. The number of ether oxygens (including phenoxy) is 1. The minimum Gasteiger partial charge on any atom is -0.475 e. The largest absolute Gasteiger partial charge is 0.490 e. The molecule has 0 saturated carbocycles. The summed E-state index contributed by atoms with van der Waals surface area (Å²) in [5.41, 5.74) is 0.498. The molecular weight excluding hydrogens is 691 g/mol. The zero-order chi connectivity index (χ0) is 38.6. The molecule has 0 aliphatic rings. The molecule has 278 valence electrons. The molecule has 4 rings (SSSR count). The lowest BCUT2D eigenvalue weighted by molar-refractivity contribution is -0.192. The molecule has 0 fully saturated rings. The Bertz CT molecular complexity index is 1870. The Labute approximate surface area is 287 Å². The second-order valence-electron chi connectivity index (χ2n) is 12.6. The minimum atomic E-state index is -5.08. The first kappa shape index (κ1) is 40.1. The lowest BCUT2D eigenvalue weighted by Gasteiger charge is -2.39. The van der Waals surface area contributed by atoms with Crippen molar-refractivity contribution in [3.05, 3.63) is 76.1 Å². The molecule has 3 heterocycles. The lowest BCUT2D eigenvalue weighted by atomic mass is 9.96. The van der Waals surface area contributed by atoms with Gasteiger partial charge in [0.2, 0.25) is 17.7 Å². The van der Waals surface area contributed by atoms with Crippen LogP contribution in [-0.2, 0) is 11.4 Å². The molecule has 0 radical (unpaired) electrons. The minimum absolute atomic E-state index is 0.0240. The number of halogens is 5. The summed E-state index contributed by atoms with van der Waals surface area (Å²) >= 11 is 0. The molecule has 19 heteroatoms. The summed E-state index contributed by atoms with van der Waals surface area (Å²) in [5.74, 6) is -5.04. The number of hydrogen-bond donors (Lipinski definition) is 4. The summed E-state index contributed by atoms with van der Waals surface area (Å²) in [4.78, 5) is 35.8. The monoisotopic (exact) mass is 728 g/mol. The number of carbonyl (C=O) groups excluding carboxylic acids is 1. The number of carbonyl (C=O) groups is 3. The Hall–Kier alpha value is -5.33. The van der Waals surface area contributed by atoms with Crippen LogP contribution in [0.25, 0.3) is 5.52 Å². The number of alkyl halides is 3. The number of nitrogens with one attached hydrogen (secondary N) is 1. The van der Waals surface area contributed by atoms with Crippen LogP contribution in [0.15, 0.2) is 34.7 Å². The highest BCUT2D eigenvalue weighted by molar-refractivity contribution is 6.02.